The lowest BCUT2D eigenvalue weighted by Crippen LogP contribution is -2.26. The number of amides is 1. The molecule has 0 fully saturated rings. The van der Waals surface area contributed by atoms with Crippen LogP contribution in [0.25, 0.3) is 11.3 Å². The number of nitrogen functional groups attached to an aromatic ring is 1. The summed E-state index contributed by atoms with van der Waals surface area (Å²) in [6, 6.07) is 8.25. The molecule has 0 spiro atoms. The van der Waals surface area contributed by atoms with Crippen molar-refractivity contribution in [3.8, 4) is 17.0 Å². The van der Waals surface area contributed by atoms with Crippen molar-refractivity contribution < 1.29 is 23.4 Å². The molecule has 3 aromatic rings. The molecule has 0 bridgehead atoms. The van der Waals surface area contributed by atoms with Gasteiger partial charge in [-0.25, -0.2) is 14.4 Å². The van der Waals surface area contributed by atoms with E-state index in [0.717, 1.165) is 12.7 Å². The predicted octanol–water partition coefficient (Wildman–Crippen LogP) is 5.19. The van der Waals surface area contributed by atoms with Crippen molar-refractivity contribution in [2.45, 2.75) is 46.3 Å². The van der Waals surface area contributed by atoms with E-state index in [1.54, 1.807) is 24.3 Å². The van der Waals surface area contributed by atoms with Crippen LogP contribution in [-0.2, 0) is 6.42 Å². The number of aliphatic hydroxyl groups excluding tert-OH is 1. The van der Waals surface area contributed by atoms with Gasteiger partial charge in [0.2, 0.25) is 5.95 Å². The second kappa shape index (κ2) is 20.9. The van der Waals surface area contributed by atoms with Crippen LogP contribution in [0.15, 0.2) is 54.7 Å². The van der Waals surface area contributed by atoms with Crippen LogP contribution in [0.2, 0.25) is 5.02 Å². The van der Waals surface area contributed by atoms with Gasteiger partial charge >= 0.3 is 0 Å². The van der Waals surface area contributed by atoms with E-state index >= 15 is 0 Å². The topological polar surface area (TPSA) is 149 Å². The zero-order valence-corrected chi connectivity index (χ0v) is 26.0. The summed E-state index contributed by atoms with van der Waals surface area (Å²) in [6.45, 7) is 14.1. The Morgan fingerprint density at radius 1 is 1.30 bits per heavy atom. The summed E-state index contributed by atoms with van der Waals surface area (Å²) in [5.74, 6) is -0.383. The third kappa shape index (κ3) is 11.0. The van der Waals surface area contributed by atoms with Gasteiger partial charge in [0.05, 0.1) is 6.61 Å². The molecule has 1 aromatic carbocycles. The van der Waals surface area contributed by atoms with Crippen LogP contribution >= 0.6 is 11.6 Å². The van der Waals surface area contributed by atoms with Gasteiger partial charge in [0, 0.05) is 72.0 Å². The number of carbonyl (C=O) groups is 1. The third-order valence-corrected chi connectivity index (χ3v) is 5.96. The number of pyridine rings is 2. The number of benzene rings is 1. The molecule has 6 N–H and O–H groups in total. The molecule has 2 atom stereocenters. The predicted molar refractivity (Wildman–Crippen MR) is 172 cm³/mol. The van der Waals surface area contributed by atoms with E-state index in [1.165, 1.54) is 19.3 Å². The number of anilines is 1. The fraction of sp³-hybridized carbons (Fsp3) is 0.333. The molecule has 232 valence electrons. The molecule has 9 nitrogen and oxygen atoms in total. The standard InChI is InChI=1S/C25H24ClF2N5O2.C2H6.C2H4.CH4O.BH2N/c1-13-12-35-23-19(13)10-17(33-22(23)18-6-8-30-24(28)21(18)26)5-7-31-25(34)15-3-4-20(29)16(9-15)11-32-14(2)27;4*1-2/h3-4,6,8-11,13-14H,5,7,12,29H2,1-2H3,(H,31,34);1-2H3;1-2H2;2H,1H3;2H2/b32-11+;;;;. The second-order valence-electron chi connectivity index (χ2n) is 8.26. The van der Waals surface area contributed by atoms with E-state index in [4.69, 9.17) is 27.2 Å². The summed E-state index contributed by atoms with van der Waals surface area (Å²) < 4.78 is 32.8. The van der Waals surface area contributed by atoms with Crippen molar-refractivity contribution in [3.63, 3.8) is 0 Å². The molecule has 43 heavy (non-hydrogen) atoms. The summed E-state index contributed by atoms with van der Waals surface area (Å²) in [7, 11) is 5.00. The fourth-order valence-electron chi connectivity index (χ4n) is 3.75. The normalized spacial score (nSPS) is 13.2. The van der Waals surface area contributed by atoms with Crippen LogP contribution in [0.1, 0.15) is 60.8 Å². The maximum Gasteiger partial charge on any atom is 0.251 e. The highest BCUT2D eigenvalue weighted by molar-refractivity contribution is 6.33. The van der Waals surface area contributed by atoms with Gasteiger partial charge in [-0.15, -0.1) is 13.2 Å². The van der Waals surface area contributed by atoms with E-state index in [2.05, 4.69) is 47.1 Å². The highest BCUT2D eigenvalue weighted by Crippen LogP contribution is 2.43. The quantitative estimate of drug-likeness (QED) is 0.0713. The Morgan fingerprint density at radius 3 is 2.58 bits per heavy atom. The Balaban J connectivity index is 0.00000204. The summed E-state index contributed by atoms with van der Waals surface area (Å²) in [5.41, 5.74) is 13.6. The number of nitrogens with zero attached hydrogens (tertiary/aromatic N) is 3. The van der Waals surface area contributed by atoms with E-state index in [0.29, 0.717) is 59.1 Å². The zero-order valence-electron chi connectivity index (χ0n) is 25.2. The van der Waals surface area contributed by atoms with E-state index < -0.39 is 12.2 Å². The maximum absolute atomic E-state index is 14.0. The Bertz CT molecular complexity index is 1330. The molecule has 13 heteroatoms. The number of aliphatic imine (C=N–C) groups is 1. The van der Waals surface area contributed by atoms with Crippen LogP contribution in [0.4, 0.5) is 14.5 Å². The summed E-state index contributed by atoms with van der Waals surface area (Å²) in [4.78, 5) is 24.6. The molecule has 1 aliphatic heterocycles. The van der Waals surface area contributed by atoms with Gasteiger partial charge in [-0.05, 0) is 37.3 Å². The van der Waals surface area contributed by atoms with Gasteiger partial charge in [0.1, 0.15) is 16.5 Å². The zero-order chi connectivity index (χ0) is 33.1. The van der Waals surface area contributed by atoms with Crippen LogP contribution in [0, 0.1) is 5.95 Å². The third-order valence-electron chi connectivity index (χ3n) is 5.60. The minimum atomic E-state index is -1.37. The first-order valence-corrected chi connectivity index (χ1v) is 13.7. The number of fused-ring (bicyclic) bond motifs is 1. The molecule has 0 aliphatic carbocycles. The number of aromatic nitrogens is 2. The average molecular weight is 617 g/mol. The summed E-state index contributed by atoms with van der Waals surface area (Å²) in [6.07, 6.45) is 1.69. The van der Waals surface area contributed by atoms with Gasteiger partial charge in [-0.1, -0.05) is 32.4 Å². The van der Waals surface area contributed by atoms with Crippen molar-refractivity contribution >= 4 is 37.4 Å². The van der Waals surface area contributed by atoms with Gasteiger partial charge in [-0.3, -0.25) is 9.79 Å². The maximum atomic E-state index is 14.0. The van der Waals surface area contributed by atoms with Crippen molar-refractivity contribution in [1.82, 2.24) is 15.3 Å². The fourth-order valence-corrected chi connectivity index (χ4v) is 3.95. The molecule has 0 saturated carbocycles. The van der Waals surface area contributed by atoms with Crippen LogP contribution < -0.4 is 21.4 Å². The molecule has 4 rings (SSSR count). The van der Waals surface area contributed by atoms with Crippen molar-refractivity contribution in [2.75, 3.05) is 26.0 Å². The van der Waals surface area contributed by atoms with Gasteiger partial charge in [0.15, 0.2) is 14.3 Å². The van der Waals surface area contributed by atoms with Gasteiger partial charge in [-0.2, -0.15) is 4.39 Å². The number of alkyl halides is 1. The minimum Gasteiger partial charge on any atom is -0.490 e. The van der Waals surface area contributed by atoms with Gasteiger partial charge in [0.25, 0.3) is 5.91 Å². The van der Waals surface area contributed by atoms with Crippen LogP contribution in [-0.4, -0.2) is 61.7 Å². The Labute approximate surface area is 258 Å². The molecule has 2 unspecified atom stereocenters. The van der Waals surface area contributed by atoms with Crippen LogP contribution in [0.3, 0.4) is 0 Å². The Hall–Kier alpha value is -3.87. The molecular formula is C30H40BClF2N6O3. The molecule has 0 saturated heterocycles. The van der Waals surface area contributed by atoms with E-state index in [9.17, 15) is 13.6 Å². The number of rotatable bonds is 7. The first-order chi connectivity index (χ1) is 20.7. The first-order valence-electron chi connectivity index (χ1n) is 13.3. The number of nitrogens with one attached hydrogen (secondary N) is 1. The van der Waals surface area contributed by atoms with E-state index in [1.807, 2.05) is 26.8 Å². The second-order valence-corrected chi connectivity index (χ2v) is 8.64. The highest BCUT2D eigenvalue weighted by Gasteiger charge is 2.27. The Morgan fingerprint density at radius 2 is 1.95 bits per heavy atom. The number of aliphatic hydroxyl groups is 1. The average Bonchev–Trinajstić information content (AvgIpc) is 3.42. The van der Waals surface area contributed by atoms with Crippen LogP contribution in [0.5, 0.6) is 5.75 Å². The lowest BCUT2D eigenvalue weighted by atomic mass is 9.99. The van der Waals surface area contributed by atoms with Crippen molar-refractivity contribution in [2.24, 2.45) is 10.6 Å². The van der Waals surface area contributed by atoms with Crippen molar-refractivity contribution in [1.29, 1.82) is 0 Å². The molecule has 2 radical (unpaired) electrons. The lowest BCUT2D eigenvalue weighted by Gasteiger charge is -2.13. The molecule has 3 heterocycles. The number of carbonyl (C=O) groups excluding carboxylic acids is 1. The molecular weight excluding hydrogens is 577 g/mol. The van der Waals surface area contributed by atoms with Crippen molar-refractivity contribution in [3.05, 3.63) is 83.0 Å². The Kier molecular flexibility index (Phi) is 19.0. The molecule has 2 aromatic heterocycles. The number of hydrogen-bond donors (Lipinski definition) is 4. The van der Waals surface area contributed by atoms with E-state index in [-0.39, 0.29) is 16.8 Å². The number of ether oxygens (including phenoxy) is 1. The number of halogens is 3. The molecule has 1 aliphatic rings. The summed E-state index contributed by atoms with van der Waals surface area (Å²) in [5, 5.41) is 9.73. The largest absolute Gasteiger partial charge is 0.490 e. The lowest BCUT2D eigenvalue weighted by molar-refractivity contribution is 0.0954. The SMILES string of the molecule is C=C.CC.CC(F)/N=C/c1cc(C(=O)NCCc2cc3c(c(-c4ccnc(F)c4Cl)n2)OCC3C)ccc1N.CO.[B]N. The monoisotopic (exact) mass is 616 g/mol. The van der Waals surface area contributed by atoms with Gasteiger partial charge < -0.3 is 26.5 Å². The summed E-state index contributed by atoms with van der Waals surface area (Å²) >= 11 is 6.17. The minimum absolute atomic E-state index is 0.124. The smallest absolute Gasteiger partial charge is 0.251 e. The number of nitrogens with two attached hydrogens (primary N) is 2. The molecule has 1 amide bonds. The number of hydrogen-bond acceptors (Lipinski definition) is 8. The first kappa shape index (κ1) is 39.1. The highest BCUT2D eigenvalue weighted by atomic mass is 35.5.